The third-order valence-electron chi connectivity index (χ3n) is 0. The molecule has 0 heterocycles. The summed E-state index contributed by atoms with van der Waals surface area (Å²) in [4.78, 5) is 0. The van der Waals surface area contributed by atoms with Crippen molar-refractivity contribution >= 4 is 0 Å². The minimum absolute atomic E-state index is 0. The molecule has 0 rings (SSSR count). The standard InChI is InChI=1S/C2H3N.2C2H6.CH4.ClH/c1-2-3;2*1-2;;/h1H3;2*1-2H3;1H4;1H/p-1. The molecule has 0 spiro atoms. The van der Waals surface area contributed by atoms with Gasteiger partial charge in [-0.3, -0.25) is 0 Å². The van der Waals surface area contributed by atoms with E-state index in [0.717, 1.165) is 0 Å². The summed E-state index contributed by atoms with van der Waals surface area (Å²) >= 11 is 0. The van der Waals surface area contributed by atoms with Crippen LogP contribution in [0.15, 0.2) is 0 Å². The van der Waals surface area contributed by atoms with Crippen LogP contribution < -0.4 is 12.4 Å². The molecule has 0 radical (unpaired) electrons. The summed E-state index contributed by atoms with van der Waals surface area (Å²) < 4.78 is 0. The minimum atomic E-state index is 0. The summed E-state index contributed by atoms with van der Waals surface area (Å²) in [6, 6.07) is 1.75. The van der Waals surface area contributed by atoms with Crippen LogP contribution in [-0.4, -0.2) is 0 Å². The smallest absolute Gasteiger partial charge is 0.0587 e. The van der Waals surface area contributed by atoms with Gasteiger partial charge in [0.25, 0.3) is 0 Å². The van der Waals surface area contributed by atoms with Crippen LogP contribution in [0.1, 0.15) is 42.0 Å². The monoisotopic (exact) mass is 152 g/mol. The van der Waals surface area contributed by atoms with Crippen LogP contribution >= 0.6 is 0 Å². The Morgan fingerprint density at radius 3 is 1.00 bits per heavy atom. The van der Waals surface area contributed by atoms with Gasteiger partial charge in [0.15, 0.2) is 0 Å². The zero-order valence-electron chi connectivity index (χ0n) is 6.33. The Balaban J connectivity index is -0.00000000825. The molecule has 0 aliphatic carbocycles. The predicted octanol–water partition coefficient (Wildman–Crippen LogP) is 0.222. The van der Waals surface area contributed by atoms with Crippen molar-refractivity contribution < 1.29 is 12.4 Å². The Morgan fingerprint density at radius 1 is 1.00 bits per heavy atom. The van der Waals surface area contributed by atoms with E-state index in [-0.39, 0.29) is 19.8 Å². The molecule has 60 valence electrons. The Bertz CT molecular complexity index is 30.4. The summed E-state index contributed by atoms with van der Waals surface area (Å²) in [5.74, 6) is 0. The SMILES string of the molecule is C.CC.CC.CC#N.[Cl-]. The first-order valence-corrected chi connectivity index (χ1v) is 2.72. The highest BCUT2D eigenvalue weighted by molar-refractivity contribution is 4.51. The Labute approximate surface area is 66.5 Å². The van der Waals surface area contributed by atoms with Gasteiger partial charge in [0.2, 0.25) is 0 Å². The summed E-state index contributed by atoms with van der Waals surface area (Å²) in [5, 5.41) is 7.32. The average Bonchev–Trinajstić information content (AvgIpc) is 1.78. The highest BCUT2D eigenvalue weighted by atomic mass is 35.5. The van der Waals surface area contributed by atoms with Gasteiger partial charge in [-0.05, 0) is 0 Å². The third kappa shape index (κ3) is 5370. The van der Waals surface area contributed by atoms with E-state index in [1.807, 2.05) is 27.7 Å². The summed E-state index contributed by atoms with van der Waals surface area (Å²) in [6.45, 7) is 9.43. The van der Waals surface area contributed by atoms with Crippen LogP contribution in [0, 0.1) is 11.3 Å². The van der Waals surface area contributed by atoms with Gasteiger partial charge in [-0.25, -0.2) is 0 Å². The molecule has 9 heavy (non-hydrogen) atoms. The van der Waals surface area contributed by atoms with Gasteiger partial charge in [0.05, 0.1) is 6.07 Å². The fourth-order valence-electron chi connectivity index (χ4n) is 0. The van der Waals surface area contributed by atoms with E-state index in [1.54, 1.807) is 6.07 Å². The number of nitriles is 1. The Morgan fingerprint density at radius 2 is 1.00 bits per heavy atom. The van der Waals surface area contributed by atoms with E-state index >= 15 is 0 Å². The van der Waals surface area contributed by atoms with E-state index in [4.69, 9.17) is 5.26 Å². The molecule has 0 amide bonds. The van der Waals surface area contributed by atoms with Crippen LogP contribution in [0.4, 0.5) is 0 Å². The molecule has 0 aromatic rings. The lowest BCUT2D eigenvalue weighted by Crippen LogP contribution is -3.00. The molecule has 1 nitrogen and oxygen atoms in total. The normalized spacial score (nSPS) is 2.22. The van der Waals surface area contributed by atoms with Crippen LogP contribution in [0.25, 0.3) is 0 Å². The van der Waals surface area contributed by atoms with Crippen LogP contribution in [0.5, 0.6) is 0 Å². The molecular weight excluding hydrogens is 134 g/mol. The molecule has 0 saturated heterocycles. The summed E-state index contributed by atoms with van der Waals surface area (Å²) in [6.07, 6.45) is 0. The quantitative estimate of drug-likeness (QED) is 0.488. The maximum absolute atomic E-state index is 7.32. The van der Waals surface area contributed by atoms with Crippen molar-refractivity contribution in [2.24, 2.45) is 0 Å². The first-order valence-electron chi connectivity index (χ1n) is 2.72. The van der Waals surface area contributed by atoms with Crippen LogP contribution in [0.3, 0.4) is 0 Å². The first-order chi connectivity index (χ1) is 3.41. The molecule has 0 atom stereocenters. The van der Waals surface area contributed by atoms with Gasteiger partial charge in [-0.1, -0.05) is 35.1 Å². The molecule has 0 aliphatic rings. The van der Waals surface area contributed by atoms with E-state index in [0.29, 0.717) is 0 Å². The highest BCUT2D eigenvalue weighted by Crippen LogP contribution is 1.21. The number of halogens is 1. The number of hydrogen-bond donors (Lipinski definition) is 0. The Hall–Kier alpha value is -0.220. The molecule has 0 aromatic heterocycles. The number of rotatable bonds is 0. The fraction of sp³-hybridized carbons (Fsp3) is 0.857. The second-order valence-electron chi connectivity index (χ2n) is 0.224. The van der Waals surface area contributed by atoms with Crippen molar-refractivity contribution in [3.63, 3.8) is 0 Å². The number of nitrogens with zero attached hydrogens (tertiary/aromatic N) is 1. The van der Waals surface area contributed by atoms with Crippen LogP contribution in [-0.2, 0) is 0 Å². The molecule has 0 saturated carbocycles. The van der Waals surface area contributed by atoms with Gasteiger partial charge >= 0.3 is 0 Å². The van der Waals surface area contributed by atoms with Crippen molar-refractivity contribution in [2.45, 2.75) is 42.0 Å². The van der Waals surface area contributed by atoms with Gasteiger partial charge in [0.1, 0.15) is 0 Å². The van der Waals surface area contributed by atoms with Crippen molar-refractivity contribution in [2.75, 3.05) is 0 Å². The average molecular weight is 153 g/mol. The van der Waals surface area contributed by atoms with E-state index < -0.39 is 0 Å². The molecule has 0 aliphatic heterocycles. The maximum atomic E-state index is 7.32. The molecule has 0 unspecified atom stereocenters. The second-order valence-corrected chi connectivity index (χ2v) is 0.224. The lowest BCUT2D eigenvalue weighted by Gasteiger charge is -1.15. The zero-order valence-corrected chi connectivity index (χ0v) is 7.08. The lowest BCUT2D eigenvalue weighted by atomic mass is 11.0. The van der Waals surface area contributed by atoms with Gasteiger partial charge in [-0.15, -0.1) is 0 Å². The lowest BCUT2D eigenvalue weighted by molar-refractivity contribution is -0.00000254. The van der Waals surface area contributed by atoms with Gasteiger partial charge in [0, 0.05) is 6.92 Å². The van der Waals surface area contributed by atoms with Crippen molar-refractivity contribution in [3.05, 3.63) is 0 Å². The topological polar surface area (TPSA) is 23.8 Å². The van der Waals surface area contributed by atoms with E-state index in [2.05, 4.69) is 0 Å². The van der Waals surface area contributed by atoms with Crippen molar-refractivity contribution in [1.29, 1.82) is 5.26 Å². The highest BCUT2D eigenvalue weighted by Gasteiger charge is 1.17. The summed E-state index contributed by atoms with van der Waals surface area (Å²) in [5.41, 5.74) is 0. The molecule has 0 fully saturated rings. The van der Waals surface area contributed by atoms with Gasteiger partial charge in [-0.2, -0.15) is 5.26 Å². The second kappa shape index (κ2) is 588. The molecular formula is C7H19ClN-. The molecule has 0 bridgehead atoms. The maximum Gasteiger partial charge on any atom is 0.0587 e. The van der Waals surface area contributed by atoms with Gasteiger partial charge < -0.3 is 12.4 Å². The van der Waals surface area contributed by atoms with E-state index in [9.17, 15) is 0 Å². The first kappa shape index (κ1) is 37.2. The summed E-state index contributed by atoms with van der Waals surface area (Å²) in [7, 11) is 0. The van der Waals surface area contributed by atoms with Crippen LogP contribution in [0.2, 0.25) is 0 Å². The number of hydrogen-bond acceptors (Lipinski definition) is 1. The minimum Gasteiger partial charge on any atom is -1.00 e. The molecule has 2 heteroatoms. The van der Waals surface area contributed by atoms with E-state index in [1.165, 1.54) is 6.92 Å². The third-order valence-corrected chi connectivity index (χ3v) is 0. The molecule has 0 aromatic carbocycles. The molecule has 0 N–H and O–H groups in total. The largest absolute Gasteiger partial charge is 1.00 e. The Kier molecular flexibility index (Phi) is 2430. The van der Waals surface area contributed by atoms with Crippen molar-refractivity contribution in [1.82, 2.24) is 0 Å². The zero-order chi connectivity index (χ0) is 6.71. The fourth-order valence-corrected chi connectivity index (χ4v) is 0. The predicted molar refractivity (Wildman–Crippen MR) is 40.7 cm³/mol. The van der Waals surface area contributed by atoms with Crippen molar-refractivity contribution in [3.8, 4) is 6.07 Å².